The first-order valence-corrected chi connectivity index (χ1v) is 10.8. The summed E-state index contributed by atoms with van der Waals surface area (Å²) in [5, 5.41) is 3.51. The molecule has 2 aromatic carbocycles. The third-order valence-electron chi connectivity index (χ3n) is 4.60. The molecule has 0 radical (unpaired) electrons. The number of nitrogens with one attached hydrogen (secondary N) is 1. The molecule has 1 N–H and O–H groups in total. The smallest absolute Gasteiger partial charge is 0.286 e. The molecule has 0 aliphatic carbocycles. The van der Waals surface area contributed by atoms with Crippen molar-refractivity contribution in [1.82, 2.24) is 5.32 Å². The second-order valence-corrected chi connectivity index (χ2v) is 8.70. The van der Waals surface area contributed by atoms with Crippen LogP contribution in [0.3, 0.4) is 0 Å². The molecule has 6 nitrogen and oxygen atoms in total. The number of anilines is 1. The molecule has 148 valence electrons. The van der Waals surface area contributed by atoms with Crippen molar-refractivity contribution >= 4 is 39.1 Å². The van der Waals surface area contributed by atoms with Gasteiger partial charge in [0.2, 0.25) is 0 Å². The standard InChI is InChI=1S/C20H22ClN3O3S/c1-4-11-24-14(3)23-28(26,27)19-12-16(7-10-18(19)24)20(25)22-13(2)15-5-8-17(21)9-6-15/h5-10,12-13H,4,11H2,1-3H3,(H,22,25). The Morgan fingerprint density at radius 2 is 1.89 bits per heavy atom. The van der Waals surface area contributed by atoms with E-state index in [1.54, 1.807) is 31.2 Å². The lowest BCUT2D eigenvalue weighted by atomic mass is 10.1. The molecule has 2 aromatic rings. The number of rotatable bonds is 5. The van der Waals surface area contributed by atoms with Crippen LogP contribution in [-0.4, -0.2) is 26.7 Å². The molecule has 1 atom stereocenters. The number of halogens is 1. The van der Waals surface area contributed by atoms with Crippen molar-refractivity contribution in [2.24, 2.45) is 4.40 Å². The van der Waals surface area contributed by atoms with Crippen LogP contribution in [0.2, 0.25) is 5.02 Å². The van der Waals surface area contributed by atoms with Crippen molar-refractivity contribution in [3.63, 3.8) is 0 Å². The normalized spacial score (nSPS) is 16.1. The van der Waals surface area contributed by atoms with Crippen LogP contribution in [0.15, 0.2) is 51.8 Å². The maximum atomic E-state index is 12.7. The summed E-state index contributed by atoms with van der Waals surface area (Å²) in [5.74, 6) is 0.0803. The summed E-state index contributed by atoms with van der Waals surface area (Å²) >= 11 is 5.90. The molecular weight excluding hydrogens is 398 g/mol. The van der Waals surface area contributed by atoms with Crippen molar-refractivity contribution in [3.05, 3.63) is 58.6 Å². The largest absolute Gasteiger partial charge is 0.346 e. The van der Waals surface area contributed by atoms with Crippen LogP contribution in [-0.2, 0) is 10.0 Å². The van der Waals surface area contributed by atoms with E-state index in [2.05, 4.69) is 9.71 Å². The summed E-state index contributed by atoms with van der Waals surface area (Å²) in [7, 11) is -3.83. The highest BCUT2D eigenvalue weighted by Crippen LogP contribution is 2.32. The van der Waals surface area contributed by atoms with Crippen LogP contribution >= 0.6 is 11.6 Å². The van der Waals surface area contributed by atoms with Gasteiger partial charge in [-0.15, -0.1) is 4.40 Å². The Morgan fingerprint density at radius 3 is 2.54 bits per heavy atom. The number of amides is 1. The Balaban J connectivity index is 1.89. The summed E-state index contributed by atoms with van der Waals surface area (Å²) in [6.07, 6.45) is 0.840. The third-order valence-corrected chi connectivity index (χ3v) is 6.24. The van der Waals surface area contributed by atoms with Crippen LogP contribution in [0, 0.1) is 0 Å². The fourth-order valence-electron chi connectivity index (χ4n) is 3.15. The first-order chi connectivity index (χ1) is 13.2. The van der Waals surface area contributed by atoms with Crippen LogP contribution in [0.1, 0.15) is 49.2 Å². The highest BCUT2D eigenvalue weighted by atomic mass is 35.5. The number of hydrogen-bond acceptors (Lipinski definition) is 4. The number of carbonyl (C=O) groups is 1. The molecule has 1 heterocycles. The summed E-state index contributed by atoms with van der Waals surface area (Å²) in [4.78, 5) is 14.6. The monoisotopic (exact) mass is 419 g/mol. The van der Waals surface area contributed by atoms with Crippen molar-refractivity contribution in [1.29, 1.82) is 0 Å². The number of sulfonamides is 1. The minimum atomic E-state index is -3.83. The Bertz CT molecular complexity index is 1030. The van der Waals surface area contributed by atoms with E-state index in [9.17, 15) is 13.2 Å². The van der Waals surface area contributed by atoms with E-state index in [1.807, 2.05) is 30.9 Å². The minimum Gasteiger partial charge on any atom is -0.346 e. The number of benzene rings is 2. The van der Waals surface area contributed by atoms with Gasteiger partial charge in [-0.2, -0.15) is 8.42 Å². The fourth-order valence-corrected chi connectivity index (χ4v) is 4.54. The zero-order valence-corrected chi connectivity index (χ0v) is 17.5. The second-order valence-electron chi connectivity index (χ2n) is 6.69. The van der Waals surface area contributed by atoms with Crippen molar-refractivity contribution in [2.45, 2.75) is 38.1 Å². The average molecular weight is 420 g/mol. The van der Waals surface area contributed by atoms with Gasteiger partial charge in [0, 0.05) is 17.1 Å². The molecule has 1 aliphatic heterocycles. The molecule has 0 aromatic heterocycles. The van der Waals surface area contributed by atoms with Crippen LogP contribution in [0.4, 0.5) is 5.69 Å². The SMILES string of the molecule is CCCN1C(C)=NS(=O)(=O)c2cc(C(=O)NC(C)c3ccc(Cl)cc3)ccc21. The van der Waals surface area contributed by atoms with Gasteiger partial charge in [0.15, 0.2) is 0 Å². The molecule has 3 rings (SSSR count). The zero-order chi connectivity index (χ0) is 20.5. The topological polar surface area (TPSA) is 78.8 Å². The molecular formula is C20H22ClN3O3S. The van der Waals surface area contributed by atoms with Gasteiger partial charge in [0.05, 0.1) is 11.7 Å². The van der Waals surface area contributed by atoms with Gasteiger partial charge in [-0.25, -0.2) is 0 Å². The molecule has 1 unspecified atom stereocenters. The second kappa shape index (κ2) is 7.93. The van der Waals surface area contributed by atoms with E-state index in [1.165, 1.54) is 6.07 Å². The van der Waals surface area contributed by atoms with E-state index in [4.69, 9.17) is 11.6 Å². The van der Waals surface area contributed by atoms with E-state index < -0.39 is 10.0 Å². The Kier molecular flexibility index (Phi) is 5.76. The maximum absolute atomic E-state index is 12.7. The molecule has 0 saturated carbocycles. The lowest BCUT2D eigenvalue weighted by Gasteiger charge is -2.29. The van der Waals surface area contributed by atoms with Crippen molar-refractivity contribution < 1.29 is 13.2 Å². The molecule has 1 amide bonds. The molecule has 8 heteroatoms. The van der Waals surface area contributed by atoms with Gasteiger partial charge < -0.3 is 10.2 Å². The van der Waals surface area contributed by atoms with Gasteiger partial charge >= 0.3 is 0 Å². The fraction of sp³-hybridized carbons (Fsp3) is 0.300. The number of amidine groups is 1. The van der Waals surface area contributed by atoms with Crippen LogP contribution in [0.5, 0.6) is 0 Å². The van der Waals surface area contributed by atoms with Crippen molar-refractivity contribution in [3.8, 4) is 0 Å². The summed E-state index contributed by atoms with van der Waals surface area (Å²) in [6, 6.07) is 11.6. The Hall–Kier alpha value is -2.38. The molecule has 0 saturated heterocycles. The molecule has 0 bridgehead atoms. The molecule has 1 aliphatic rings. The minimum absolute atomic E-state index is 0.0540. The summed E-state index contributed by atoms with van der Waals surface area (Å²) < 4.78 is 28.9. The van der Waals surface area contributed by atoms with Gasteiger partial charge in [0.1, 0.15) is 10.7 Å². The van der Waals surface area contributed by atoms with Gasteiger partial charge in [0.25, 0.3) is 15.9 Å². The van der Waals surface area contributed by atoms with Gasteiger partial charge in [-0.3, -0.25) is 4.79 Å². The predicted molar refractivity (Wildman–Crippen MR) is 112 cm³/mol. The lowest BCUT2D eigenvalue weighted by Crippen LogP contribution is -2.35. The van der Waals surface area contributed by atoms with E-state index in [0.29, 0.717) is 23.1 Å². The Morgan fingerprint density at radius 1 is 1.21 bits per heavy atom. The van der Waals surface area contributed by atoms with Crippen molar-refractivity contribution in [2.75, 3.05) is 11.4 Å². The maximum Gasteiger partial charge on any atom is 0.286 e. The number of fused-ring (bicyclic) bond motifs is 1. The first kappa shape index (κ1) is 20.4. The van der Waals surface area contributed by atoms with Gasteiger partial charge in [-0.05, 0) is 56.2 Å². The molecule has 0 fully saturated rings. The van der Waals surface area contributed by atoms with Crippen LogP contribution in [0.25, 0.3) is 0 Å². The molecule has 0 spiro atoms. The van der Waals surface area contributed by atoms with E-state index >= 15 is 0 Å². The van der Waals surface area contributed by atoms with E-state index in [0.717, 1.165) is 12.0 Å². The van der Waals surface area contributed by atoms with E-state index in [-0.39, 0.29) is 22.4 Å². The Labute approximate surface area is 170 Å². The highest BCUT2D eigenvalue weighted by molar-refractivity contribution is 7.90. The summed E-state index contributed by atoms with van der Waals surface area (Å²) in [6.45, 7) is 6.19. The number of hydrogen-bond donors (Lipinski definition) is 1. The molecule has 28 heavy (non-hydrogen) atoms. The average Bonchev–Trinajstić information content (AvgIpc) is 2.65. The zero-order valence-electron chi connectivity index (χ0n) is 15.9. The quantitative estimate of drug-likeness (QED) is 0.788. The highest BCUT2D eigenvalue weighted by Gasteiger charge is 2.29. The number of nitrogens with zero attached hydrogens (tertiary/aromatic N) is 2. The summed E-state index contributed by atoms with van der Waals surface area (Å²) in [5.41, 5.74) is 1.73. The van der Waals surface area contributed by atoms with Crippen LogP contribution < -0.4 is 10.2 Å². The number of carbonyl (C=O) groups excluding carboxylic acids is 1. The predicted octanol–water partition coefficient (Wildman–Crippen LogP) is 4.17. The first-order valence-electron chi connectivity index (χ1n) is 9.02. The third kappa shape index (κ3) is 4.05. The lowest BCUT2D eigenvalue weighted by molar-refractivity contribution is 0.0939. The van der Waals surface area contributed by atoms with Gasteiger partial charge in [-0.1, -0.05) is 30.7 Å².